The van der Waals surface area contributed by atoms with E-state index in [0.717, 1.165) is 13.1 Å². The highest BCUT2D eigenvalue weighted by Crippen LogP contribution is 2.23. The second kappa shape index (κ2) is 8.03. The van der Waals surface area contributed by atoms with Crippen LogP contribution in [0.3, 0.4) is 0 Å². The van der Waals surface area contributed by atoms with E-state index in [0.29, 0.717) is 29.9 Å². The predicted molar refractivity (Wildman–Crippen MR) is 89.4 cm³/mol. The number of nitrogens with zero attached hydrogens (tertiary/aromatic N) is 1. The number of nitrogens with one attached hydrogen (secondary N) is 2. The average molecular weight is 305 g/mol. The molecule has 5 nitrogen and oxygen atoms in total. The van der Waals surface area contributed by atoms with Gasteiger partial charge in [-0.15, -0.1) is 0 Å². The topological polar surface area (TPSA) is 53.6 Å². The van der Waals surface area contributed by atoms with Gasteiger partial charge in [0.2, 0.25) is 0 Å². The van der Waals surface area contributed by atoms with Crippen LogP contribution in [0, 0.1) is 5.92 Å². The molecule has 2 N–H and O–H groups in total. The van der Waals surface area contributed by atoms with Crippen molar-refractivity contribution in [2.24, 2.45) is 5.92 Å². The van der Waals surface area contributed by atoms with Gasteiger partial charge in [-0.1, -0.05) is 26.0 Å². The van der Waals surface area contributed by atoms with Crippen LogP contribution >= 0.6 is 0 Å². The van der Waals surface area contributed by atoms with Gasteiger partial charge in [0.05, 0.1) is 12.8 Å². The molecule has 0 saturated carbocycles. The van der Waals surface area contributed by atoms with Gasteiger partial charge in [-0.2, -0.15) is 0 Å². The Balaban J connectivity index is 1.88. The van der Waals surface area contributed by atoms with Crippen LogP contribution in [0.25, 0.3) is 0 Å². The second-order valence-corrected chi connectivity index (χ2v) is 6.09. The molecule has 2 rings (SSSR count). The highest BCUT2D eigenvalue weighted by atomic mass is 16.5. The number of amides is 2. The van der Waals surface area contributed by atoms with Crippen LogP contribution < -0.4 is 15.4 Å². The first-order valence-corrected chi connectivity index (χ1v) is 8.03. The number of hydrogen-bond donors (Lipinski definition) is 2. The van der Waals surface area contributed by atoms with Gasteiger partial charge in [0.1, 0.15) is 5.75 Å². The third-order valence-electron chi connectivity index (χ3n) is 4.21. The SMILES string of the molecule is COc1ccccc1NC(=O)NC[C@H](C(C)C)N1CCCC1. The van der Waals surface area contributed by atoms with Crippen LogP contribution in [-0.2, 0) is 0 Å². The maximum Gasteiger partial charge on any atom is 0.319 e. The van der Waals surface area contributed by atoms with Crippen molar-refractivity contribution in [3.8, 4) is 5.75 Å². The first-order valence-electron chi connectivity index (χ1n) is 8.03. The van der Waals surface area contributed by atoms with Crippen molar-refractivity contribution < 1.29 is 9.53 Å². The molecule has 5 heteroatoms. The van der Waals surface area contributed by atoms with E-state index in [4.69, 9.17) is 4.74 Å². The molecule has 1 fully saturated rings. The summed E-state index contributed by atoms with van der Waals surface area (Å²) in [6.07, 6.45) is 2.52. The number of urea groups is 1. The van der Waals surface area contributed by atoms with Crippen LogP contribution in [0.4, 0.5) is 10.5 Å². The fraction of sp³-hybridized carbons (Fsp3) is 0.588. The molecular formula is C17H27N3O2. The summed E-state index contributed by atoms with van der Waals surface area (Å²) in [5, 5.41) is 5.85. The number of hydrogen-bond acceptors (Lipinski definition) is 3. The number of benzene rings is 1. The summed E-state index contributed by atoms with van der Waals surface area (Å²) >= 11 is 0. The number of para-hydroxylation sites is 2. The van der Waals surface area contributed by atoms with E-state index >= 15 is 0 Å². The molecule has 1 aliphatic rings. The Morgan fingerprint density at radius 2 is 1.95 bits per heavy atom. The van der Waals surface area contributed by atoms with Gasteiger partial charge < -0.3 is 15.4 Å². The highest BCUT2D eigenvalue weighted by Gasteiger charge is 2.24. The normalized spacial score (nSPS) is 16.5. The molecule has 1 atom stereocenters. The van der Waals surface area contributed by atoms with Crippen LogP contribution in [0.15, 0.2) is 24.3 Å². The second-order valence-electron chi connectivity index (χ2n) is 6.09. The van der Waals surface area contributed by atoms with Crippen LogP contribution in [0.1, 0.15) is 26.7 Å². The van der Waals surface area contributed by atoms with E-state index in [1.165, 1.54) is 12.8 Å². The Hall–Kier alpha value is -1.75. The van der Waals surface area contributed by atoms with Crippen molar-refractivity contribution in [2.45, 2.75) is 32.7 Å². The maximum atomic E-state index is 12.1. The first kappa shape index (κ1) is 16.6. The van der Waals surface area contributed by atoms with Crippen molar-refractivity contribution in [3.05, 3.63) is 24.3 Å². The minimum absolute atomic E-state index is 0.186. The molecule has 122 valence electrons. The Labute approximate surface area is 133 Å². The van der Waals surface area contributed by atoms with Gasteiger partial charge in [0, 0.05) is 12.6 Å². The number of anilines is 1. The number of methoxy groups -OCH3 is 1. The minimum Gasteiger partial charge on any atom is -0.495 e. The summed E-state index contributed by atoms with van der Waals surface area (Å²) in [6.45, 7) is 7.36. The molecule has 0 radical (unpaired) electrons. The molecule has 22 heavy (non-hydrogen) atoms. The van der Waals surface area contributed by atoms with Gasteiger partial charge in [-0.25, -0.2) is 4.79 Å². The van der Waals surface area contributed by atoms with Crippen LogP contribution in [-0.4, -0.2) is 43.7 Å². The molecule has 1 saturated heterocycles. The van der Waals surface area contributed by atoms with Gasteiger partial charge in [0.25, 0.3) is 0 Å². The van der Waals surface area contributed by atoms with Crippen LogP contribution in [0.2, 0.25) is 0 Å². The number of rotatable bonds is 6. The number of carbonyl (C=O) groups is 1. The summed E-state index contributed by atoms with van der Waals surface area (Å²) in [7, 11) is 1.60. The lowest BCUT2D eigenvalue weighted by Crippen LogP contribution is -2.46. The maximum absolute atomic E-state index is 12.1. The molecule has 1 aromatic carbocycles. The van der Waals surface area contributed by atoms with E-state index in [2.05, 4.69) is 29.4 Å². The molecule has 0 spiro atoms. The fourth-order valence-electron chi connectivity index (χ4n) is 2.97. The molecular weight excluding hydrogens is 278 g/mol. The highest BCUT2D eigenvalue weighted by molar-refractivity contribution is 5.90. The fourth-order valence-corrected chi connectivity index (χ4v) is 2.97. The Morgan fingerprint density at radius 3 is 2.59 bits per heavy atom. The lowest BCUT2D eigenvalue weighted by molar-refractivity contribution is 0.186. The zero-order chi connectivity index (χ0) is 15.9. The average Bonchev–Trinajstić information content (AvgIpc) is 3.01. The van der Waals surface area contributed by atoms with E-state index in [1.54, 1.807) is 7.11 Å². The largest absolute Gasteiger partial charge is 0.495 e. The van der Waals surface area contributed by atoms with Gasteiger partial charge in [-0.3, -0.25) is 4.90 Å². The van der Waals surface area contributed by atoms with Crippen molar-refractivity contribution in [2.75, 3.05) is 32.1 Å². The lowest BCUT2D eigenvalue weighted by atomic mass is 10.0. The van der Waals surface area contributed by atoms with Gasteiger partial charge in [-0.05, 0) is 44.0 Å². The zero-order valence-corrected chi connectivity index (χ0v) is 13.8. The quantitative estimate of drug-likeness (QED) is 0.849. The number of carbonyl (C=O) groups excluding carboxylic acids is 1. The standard InChI is InChI=1S/C17H27N3O2/c1-13(2)15(20-10-6-7-11-20)12-18-17(21)19-14-8-4-5-9-16(14)22-3/h4-5,8-9,13,15H,6-7,10-12H2,1-3H3,(H2,18,19,21)/t15-/m1/s1. The molecule has 1 heterocycles. The Morgan fingerprint density at radius 1 is 1.27 bits per heavy atom. The number of likely N-dealkylation sites (tertiary alicyclic amines) is 1. The lowest BCUT2D eigenvalue weighted by Gasteiger charge is -2.31. The summed E-state index contributed by atoms with van der Waals surface area (Å²) < 4.78 is 5.24. The number of ether oxygens (including phenoxy) is 1. The van der Waals surface area contributed by atoms with Gasteiger partial charge in [0.15, 0.2) is 0 Å². The molecule has 0 aliphatic carbocycles. The summed E-state index contributed by atoms with van der Waals surface area (Å²) in [4.78, 5) is 14.6. The van der Waals surface area contributed by atoms with E-state index in [-0.39, 0.29) is 6.03 Å². The molecule has 1 aliphatic heterocycles. The van der Waals surface area contributed by atoms with E-state index in [1.807, 2.05) is 24.3 Å². The predicted octanol–water partition coefficient (Wildman–Crippen LogP) is 2.94. The van der Waals surface area contributed by atoms with Crippen molar-refractivity contribution in [1.29, 1.82) is 0 Å². The molecule has 0 unspecified atom stereocenters. The molecule has 2 amide bonds. The third-order valence-corrected chi connectivity index (χ3v) is 4.21. The summed E-state index contributed by atoms with van der Waals surface area (Å²) in [5.74, 6) is 1.18. The summed E-state index contributed by atoms with van der Waals surface area (Å²) in [6, 6.07) is 7.62. The van der Waals surface area contributed by atoms with Crippen molar-refractivity contribution >= 4 is 11.7 Å². The van der Waals surface area contributed by atoms with Crippen molar-refractivity contribution in [3.63, 3.8) is 0 Å². The monoisotopic (exact) mass is 305 g/mol. The minimum atomic E-state index is -0.186. The van der Waals surface area contributed by atoms with Crippen molar-refractivity contribution in [1.82, 2.24) is 10.2 Å². The van der Waals surface area contributed by atoms with Crippen LogP contribution in [0.5, 0.6) is 5.75 Å². The summed E-state index contributed by atoms with van der Waals surface area (Å²) in [5.41, 5.74) is 0.685. The van der Waals surface area contributed by atoms with E-state index < -0.39 is 0 Å². The van der Waals surface area contributed by atoms with E-state index in [9.17, 15) is 4.79 Å². The van der Waals surface area contributed by atoms with Gasteiger partial charge >= 0.3 is 6.03 Å². The Bertz CT molecular complexity index is 485. The molecule has 1 aromatic rings. The molecule has 0 bridgehead atoms. The Kier molecular flexibility index (Phi) is 6.07. The third kappa shape index (κ3) is 4.37. The molecule has 0 aromatic heterocycles. The zero-order valence-electron chi connectivity index (χ0n) is 13.8. The first-order chi connectivity index (χ1) is 10.6. The smallest absolute Gasteiger partial charge is 0.319 e.